The van der Waals surface area contributed by atoms with Crippen molar-refractivity contribution < 1.29 is 28.4 Å². The molecule has 0 bridgehead atoms. The number of ether oxygens (including phenoxy) is 2. The van der Waals surface area contributed by atoms with Crippen molar-refractivity contribution in [1.82, 2.24) is 14.7 Å². The molecule has 3 aromatic carbocycles. The zero-order chi connectivity index (χ0) is 31.8. The zero-order valence-corrected chi connectivity index (χ0v) is 25.2. The number of carbonyl (C=O) groups excluding carboxylic acids is 2. The Hall–Kier alpha value is -5.06. The van der Waals surface area contributed by atoms with Gasteiger partial charge in [0.25, 0.3) is 11.6 Å². The van der Waals surface area contributed by atoms with Gasteiger partial charge in [-0.05, 0) is 59.4 Å². The van der Waals surface area contributed by atoms with Gasteiger partial charge < -0.3 is 14.4 Å². The second kappa shape index (κ2) is 11.9. The summed E-state index contributed by atoms with van der Waals surface area (Å²) in [4.78, 5) is 39.9. The van der Waals surface area contributed by atoms with Crippen LogP contribution in [0.5, 0.6) is 11.5 Å². The fourth-order valence-corrected chi connectivity index (χ4v) is 5.67. The second-order valence-corrected chi connectivity index (χ2v) is 11.7. The van der Waals surface area contributed by atoms with Gasteiger partial charge in [-0.2, -0.15) is 5.10 Å². The highest BCUT2D eigenvalue weighted by Gasteiger charge is 2.38. The zero-order valence-electron chi connectivity index (χ0n) is 25.2. The second-order valence-electron chi connectivity index (χ2n) is 11.7. The van der Waals surface area contributed by atoms with Crippen molar-refractivity contribution in [2.45, 2.75) is 39.7 Å². The smallest absolute Gasteiger partial charge is 0.295 e. The van der Waals surface area contributed by atoms with Crippen LogP contribution in [-0.2, 0) is 19.4 Å². The third-order valence-corrected chi connectivity index (χ3v) is 7.76. The molecule has 1 aliphatic carbocycles. The Kier molecular flexibility index (Phi) is 8.23. The number of benzene rings is 3. The lowest BCUT2D eigenvalue weighted by atomic mass is 9.75. The summed E-state index contributed by atoms with van der Waals surface area (Å²) in [6.45, 7) is 4.15. The Labute approximate surface area is 254 Å². The minimum Gasteiger partial charge on any atom is -0.493 e. The number of hydrogen-bond acceptors (Lipinski definition) is 7. The SMILES string of the molecule is COc1ccc(Cc2nn(-c3ccc(C(=O)N(C)Cc4ccc(F)cc4)cc3[N+](=O)[O-])c3c2C(=O)CC(C)(C)C3)cc1OC. The van der Waals surface area contributed by atoms with Crippen LogP contribution in [-0.4, -0.2) is 52.6 Å². The molecule has 1 heterocycles. The van der Waals surface area contributed by atoms with Crippen molar-refractivity contribution in [3.63, 3.8) is 0 Å². The lowest BCUT2D eigenvalue weighted by Crippen LogP contribution is -2.28. The van der Waals surface area contributed by atoms with Crippen LogP contribution in [0.25, 0.3) is 5.69 Å². The molecular weight excluding hydrogens is 567 g/mol. The molecule has 5 rings (SSSR count). The average molecular weight is 601 g/mol. The Balaban J connectivity index is 1.55. The van der Waals surface area contributed by atoms with E-state index in [1.54, 1.807) is 32.4 Å². The maximum absolute atomic E-state index is 13.5. The van der Waals surface area contributed by atoms with Crippen LogP contribution in [0.15, 0.2) is 60.7 Å². The lowest BCUT2D eigenvalue weighted by molar-refractivity contribution is -0.384. The van der Waals surface area contributed by atoms with Crippen LogP contribution in [0.1, 0.15) is 63.5 Å². The maximum Gasteiger partial charge on any atom is 0.295 e. The Morgan fingerprint density at radius 2 is 1.70 bits per heavy atom. The first-order valence-corrected chi connectivity index (χ1v) is 14.0. The summed E-state index contributed by atoms with van der Waals surface area (Å²) in [6.07, 6.45) is 1.09. The van der Waals surface area contributed by atoms with Crippen molar-refractivity contribution >= 4 is 17.4 Å². The molecule has 1 aliphatic rings. The van der Waals surface area contributed by atoms with E-state index < -0.39 is 10.8 Å². The van der Waals surface area contributed by atoms with Crippen LogP contribution in [0.3, 0.4) is 0 Å². The normalized spacial score (nSPS) is 13.7. The van der Waals surface area contributed by atoms with Crippen LogP contribution < -0.4 is 9.47 Å². The monoisotopic (exact) mass is 600 g/mol. The summed E-state index contributed by atoms with van der Waals surface area (Å²) >= 11 is 0. The van der Waals surface area contributed by atoms with Crippen LogP contribution in [0.2, 0.25) is 0 Å². The number of hydrogen-bond donors (Lipinski definition) is 0. The van der Waals surface area contributed by atoms with Crippen LogP contribution in [0.4, 0.5) is 10.1 Å². The van der Waals surface area contributed by atoms with E-state index in [9.17, 15) is 24.1 Å². The minimum atomic E-state index is -0.552. The minimum absolute atomic E-state index is 0.0742. The predicted octanol–water partition coefficient (Wildman–Crippen LogP) is 5.95. The highest BCUT2D eigenvalue weighted by molar-refractivity contribution is 6.00. The molecule has 0 saturated carbocycles. The number of nitro benzene ring substituents is 1. The van der Waals surface area contributed by atoms with E-state index in [2.05, 4.69) is 0 Å². The van der Waals surface area contributed by atoms with Gasteiger partial charge in [-0.15, -0.1) is 0 Å². The number of halogens is 1. The van der Waals surface area contributed by atoms with Gasteiger partial charge in [0.05, 0.1) is 36.1 Å². The number of aromatic nitrogens is 2. The molecule has 0 saturated heterocycles. The van der Waals surface area contributed by atoms with E-state index in [4.69, 9.17) is 14.6 Å². The molecule has 11 heteroatoms. The fourth-order valence-electron chi connectivity index (χ4n) is 5.67. The van der Waals surface area contributed by atoms with E-state index in [0.29, 0.717) is 53.3 Å². The summed E-state index contributed by atoms with van der Waals surface area (Å²) in [5, 5.41) is 17.1. The van der Waals surface area contributed by atoms with Gasteiger partial charge >= 0.3 is 0 Å². The van der Waals surface area contributed by atoms with Crippen molar-refractivity contribution in [3.05, 3.63) is 110 Å². The molecule has 0 atom stereocenters. The third kappa shape index (κ3) is 6.03. The summed E-state index contributed by atoms with van der Waals surface area (Å²) in [6, 6.07) is 15.5. The Bertz CT molecular complexity index is 1760. The number of fused-ring (bicyclic) bond motifs is 1. The van der Waals surface area contributed by atoms with Crippen molar-refractivity contribution in [2.75, 3.05) is 21.3 Å². The Morgan fingerprint density at radius 3 is 2.36 bits per heavy atom. The summed E-state index contributed by atoms with van der Waals surface area (Å²) in [5.41, 5.74) is 2.69. The fraction of sp³-hybridized carbons (Fsp3) is 0.303. The first kappa shape index (κ1) is 30.4. The highest BCUT2D eigenvalue weighted by Crippen LogP contribution is 2.39. The molecule has 228 valence electrons. The molecule has 1 amide bonds. The summed E-state index contributed by atoms with van der Waals surface area (Å²) in [7, 11) is 4.66. The van der Waals surface area contributed by atoms with E-state index >= 15 is 0 Å². The standard InChI is InChI=1S/C33H33FN4O6/c1-33(2)17-27-31(28(39)18-33)24(14-21-8-13-29(43-4)30(15-21)44-5)35-37(27)25-12-9-22(16-26(25)38(41)42)32(40)36(3)19-20-6-10-23(34)11-7-20/h6-13,15-16H,14,17-19H2,1-5H3. The van der Waals surface area contributed by atoms with Crippen molar-refractivity contribution in [3.8, 4) is 17.2 Å². The van der Waals surface area contributed by atoms with Gasteiger partial charge in [0, 0.05) is 38.1 Å². The Morgan fingerprint density at radius 1 is 1.02 bits per heavy atom. The van der Waals surface area contributed by atoms with Gasteiger partial charge in [-0.3, -0.25) is 19.7 Å². The van der Waals surface area contributed by atoms with E-state index in [1.165, 1.54) is 47.0 Å². The molecular formula is C33H33FN4O6. The summed E-state index contributed by atoms with van der Waals surface area (Å²) < 4.78 is 25.6. The number of methoxy groups -OCH3 is 2. The summed E-state index contributed by atoms with van der Waals surface area (Å²) in [5.74, 6) is 0.208. The number of ketones is 1. The predicted molar refractivity (Wildman–Crippen MR) is 161 cm³/mol. The molecule has 0 N–H and O–H groups in total. The molecule has 4 aromatic rings. The number of amides is 1. The molecule has 10 nitrogen and oxygen atoms in total. The quantitative estimate of drug-likeness (QED) is 0.172. The average Bonchev–Trinajstić information content (AvgIpc) is 3.34. The van der Waals surface area contributed by atoms with Crippen LogP contribution in [0, 0.1) is 21.3 Å². The highest BCUT2D eigenvalue weighted by atomic mass is 19.1. The molecule has 0 spiro atoms. The molecule has 0 fully saturated rings. The van der Waals surface area contributed by atoms with Gasteiger partial charge in [0.2, 0.25) is 0 Å². The number of carbonyl (C=O) groups is 2. The molecule has 1 aromatic heterocycles. The molecule has 0 radical (unpaired) electrons. The van der Waals surface area contributed by atoms with E-state index in [1.807, 2.05) is 26.0 Å². The third-order valence-electron chi connectivity index (χ3n) is 7.76. The number of Topliss-reactive ketones (excluding diaryl/α,β-unsaturated/α-hetero) is 1. The first-order valence-electron chi connectivity index (χ1n) is 14.0. The number of rotatable bonds is 9. The van der Waals surface area contributed by atoms with Gasteiger partial charge in [-0.1, -0.05) is 32.0 Å². The number of nitrogens with zero attached hydrogens (tertiary/aromatic N) is 4. The van der Waals surface area contributed by atoms with Crippen molar-refractivity contribution in [2.24, 2.45) is 5.41 Å². The van der Waals surface area contributed by atoms with Gasteiger partial charge in [0.15, 0.2) is 17.3 Å². The van der Waals surface area contributed by atoms with Crippen LogP contribution >= 0.6 is 0 Å². The first-order chi connectivity index (χ1) is 20.9. The largest absolute Gasteiger partial charge is 0.493 e. The maximum atomic E-state index is 13.5. The van der Waals surface area contributed by atoms with Gasteiger partial charge in [-0.25, -0.2) is 9.07 Å². The number of nitro groups is 1. The van der Waals surface area contributed by atoms with E-state index in [0.717, 1.165) is 5.56 Å². The topological polar surface area (TPSA) is 117 Å². The molecule has 0 unspecified atom stereocenters. The molecule has 44 heavy (non-hydrogen) atoms. The van der Waals surface area contributed by atoms with Gasteiger partial charge in [0.1, 0.15) is 11.5 Å². The van der Waals surface area contributed by atoms with E-state index in [-0.39, 0.29) is 40.5 Å². The lowest BCUT2D eigenvalue weighted by Gasteiger charge is -2.29. The van der Waals surface area contributed by atoms with Crippen molar-refractivity contribution in [1.29, 1.82) is 0 Å². The molecule has 0 aliphatic heterocycles.